The normalized spacial score (nSPS) is 20.4. The Labute approximate surface area is 130 Å². The fourth-order valence-electron chi connectivity index (χ4n) is 2.10. The van der Waals surface area contributed by atoms with Crippen LogP contribution < -0.4 is 15.4 Å². The van der Waals surface area contributed by atoms with Gasteiger partial charge in [-0.25, -0.2) is 4.79 Å². The standard InChI is InChI=1S/C16H24N2O4/c1-16(2,3)22-15(20)18-13-8-12(13)17-9-10-5-6-11(21-4)7-14(10)19/h5-7,12-13,17,19H,8-9H2,1-4H3,(H,18,20). The average molecular weight is 308 g/mol. The first-order valence-electron chi connectivity index (χ1n) is 7.37. The lowest BCUT2D eigenvalue weighted by molar-refractivity contribution is 0.0522. The van der Waals surface area contributed by atoms with E-state index in [1.54, 1.807) is 19.2 Å². The minimum Gasteiger partial charge on any atom is -0.507 e. The number of carbonyl (C=O) groups excluding carboxylic acids is 1. The number of carbonyl (C=O) groups is 1. The van der Waals surface area contributed by atoms with Crippen LogP contribution in [0, 0.1) is 0 Å². The average Bonchev–Trinajstić information content (AvgIpc) is 3.13. The van der Waals surface area contributed by atoms with Gasteiger partial charge in [0.2, 0.25) is 0 Å². The molecule has 1 aliphatic carbocycles. The lowest BCUT2D eigenvalue weighted by atomic mass is 10.2. The van der Waals surface area contributed by atoms with Gasteiger partial charge in [0.25, 0.3) is 0 Å². The number of benzene rings is 1. The maximum absolute atomic E-state index is 11.6. The fraction of sp³-hybridized carbons (Fsp3) is 0.562. The number of hydrogen-bond donors (Lipinski definition) is 3. The van der Waals surface area contributed by atoms with E-state index in [1.807, 2.05) is 26.8 Å². The van der Waals surface area contributed by atoms with Crippen LogP contribution in [0.15, 0.2) is 18.2 Å². The van der Waals surface area contributed by atoms with Crippen LogP contribution in [0.2, 0.25) is 0 Å². The van der Waals surface area contributed by atoms with Crippen LogP contribution in [0.4, 0.5) is 4.79 Å². The van der Waals surface area contributed by atoms with Crippen LogP contribution in [-0.4, -0.2) is 36.0 Å². The minimum atomic E-state index is -0.489. The monoisotopic (exact) mass is 308 g/mol. The molecule has 0 heterocycles. The van der Waals surface area contributed by atoms with E-state index >= 15 is 0 Å². The van der Waals surface area contributed by atoms with E-state index in [1.165, 1.54) is 0 Å². The zero-order valence-electron chi connectivity index (χ0n) is 13.5. The van der Waals surface area contributed by atoms with Gasteiger partial charge in [0.05, 0.1) is 7.11 Å². The fourth-order valence-corrected chi connectivity index (χ4v) is 2.10. The third-order valence-corrected chi connectivity index (χ3v) is 3.34. The number of phenols is 1. The van der Waals surface area contributed by atoms with Gasteiger partial charge >= 0.3 is 6.09 Å². The summed E-state index contributed by atoms with van der Waals surface area (Å²) in [6.45, 7) is 6.04. The van der Waals surface area contributed by atoms with Gasteiger partial charge in [0, 0.05) is 30.3 Å². The van der Waals surface area contributed by atoms with Gasteiger partial charge in [0.15, 0.2) is 0 Å². The summed E-state index contributed by atoms with van der Waals surface area (Å²) in [5.41, 5.74) is 0.306. The van der Waals surface area contributed by atoms with Crippen molar-refractivity contribution in [2.24, 2.45) is 0 Å². The number of ether oxygens (including phenoxy) is 2. The summed E-state index contributed by atoms with van der Waals surface area (Å²) in [5, 5.41) is 16.0. The first kappa shape index (κ1) is 16.4. The lowest BCUT2D eigenvalue weighted by Crippen LogP contribution is -2.36. The summed E-state index contributed by atoms with van der Waals surface area (Å²) < 4.78 is 10.3. The highest BCUT2D eigenvalue weighted by molar-refractivity contribution is 5.68. The van der Waals surface area contributed by atoms with Crippen LogP contribution in [0.25, 0.3) is 0 Å². The van der Waals surface area contributed by atoms with E-state index in [2.05, 4.69) is 10.6 Å². The Balaban J connectivity index is 1.75. The molecule has 0 aromatic heterocycles. The smallest absolute Gasteiger partial charge is 0.407 e. The second kappa shape index (κ2) is 6.44. The second-order valence-electron chi connectivity index (χ2n) is 6.47. The van der Waals surface area contributed by atoms with Crippen molar-refractivity contribution in [1.29, 1.82) is 0 Å². The number of rotatable bonds is 5. The molecular weight excluding hydrogens is 284 g/mol. The minimum absolute atomic E-state index is 0.0789. The van der Waals surface area contributed by atoms with Crippen molar-refractivity contribution < 1.29 is 19.4 Å². The number of methoxy groups -OCH3 is 1. The Morgan fingerprint density at radius 2 is 2.09 bits per heavy atom. The number of amides is 1. The summed E-state index contributed by atoms with van der Waals surface area (Å²) in [7, 11) is 1.56. The molecule has 0 aliphatic heterocycles. The molecule has 1 aromatic rings. The van der Waals surface area contributed by atoms with Gasteiger partial charge in [-0.3, -0.25) is 0 Å². The van der Waals surface area contributed by atoms with Crippen LogP contribution in [0.5, 0.6) is 11.5 Å². The first-order chi connectivity index (χ1) is 10.3. The zero-order valence-corrected chi connectivity index (χ0v) is 13.5. The van der Waals surface area contributed by atoms with Crippen molar-refractivity contribution in [3.63, 3.8) is 0 Å². The van der Waals surface area contributed by atoms with Gasteiger partial charge in [-0.05, 0) is 33.3 Å². The molecule has 1 aromatic carbocycles. The molecular formula is C16H24N2O4. The molecule has 1 saturated carbocycles. The van der Waals surface area contributed by atoms with Crippen LogP contribution >= 0.6 is 0 Å². The maximum atomic E-state index is 11.6. The summed E-state index contributed by atoms with van der Waals surface area (Å²) in [6.07, 6.45) is 0.463. The number of alkyl carbamates (subject to hydrolysis) is 1. The molecule has 0 saturated heterocycles. The van der Waals surface area contributed by atoms with Crippen molar-refractivity contribution in [3.05, 3.63) is 23.8 Å². The van der Waals surface area contributed by atoms with Crippen molar-refractivity contribution in [3.8, 4) is 11.5 Å². The Morgan fingerprint density at radius 3 is 2.68 bits per heavy atom. The molecule has 122 valence electrons. The Kier molecular flexibility index (Phi) is 4.81. The first-order valence-corrected chi connectivity index (χ1v) is 7.37. The van der Waals surface area contributed by atoms with Crippen molar-refractivity contribution >= 4 is 6.09 Å². The third kappa shape index (κ3) is 4.80. The molecule has 3 N–H and O–H groups in total. The second-order valence-corrected chi connectivity index (χ2v) is 6.47. The summed E-state index contributed by atoms with van der Waals surface area (Å²) >= 11 is 0. The van der Waals surface area contributed by atoms with E-state index in [9.17, 15) is 9.90 Å². The molecule has 2 unspecified atom stereocenters. The summed E-state index contributed by atoms with van der Waals surface area (Å²) in [4.78, 5) is 11.6. The Morgan fingerprint density at radius 1 is 1.36 bits per heavy atom. The maximum Gasteiger partial charge on any atom is 0.407 e. The molecule has 6 heteroatoms. The van der Waals surface area contributed by atoms with Gasteiger partial charge < -0.3 is 25.2 Å². The van der Waals surface area contributed by atoms with Gasteiger partial charge in [0.1, 0.15) is 17.1 Å². The molecule has 6 nitrogen and oxygen atoms in total. The summed E-state index contributed by atoms with van der Waals surface area (Å²) in [5.74, 6) is 0.821. The molecule has 22 heavy (non-hydrogen) atoms. The van der Waals surface area contributed by atoms with E-state index in [-0.39, 0.29) is 17.8 Å². The molecule has 2 rings (SSSR count). The highest BCUT2D eigenvalue weighted by Gasteiger charge is 2.38. The largest absolute Gasteiger partial charge is 0.507 e. The number of hydrogen-bond acceptors (Lipinski definition) is 5. The van der Waals surface area contributed by atoms with Crippen molar-refractivity contribution in [2.45, 2.75) is 51.4 Å². The van der Waals surface area contributed by atoms with Crippen molar-refractivity contribution in [1.82, 2.24) is 10.6 Å². The Hall–Kier alpha value is -1.95. The molecule has 0 spiro atoms. The van der Waals surface area contributed by atoms with Crippen LogP contribution in [0.3, 0.4) is 0 Å². The third-order valence-electron chi connectivity index (χ3n) is 3.34. The highest BCUT2D eigenvalue weighted by atomic mass is 16.6. The zero-order chi connectivity index (χ0) is 16.3. The quantitative estimate of drug-likeness (QED) is 0.777. The number of aromatic hydroxyl groups is 1. The van der Waals surface area contributed by atoms with Gasteiger partial charge in [-0.15, -0.1) is 0 Å². The van der Waals surface area contributed by atoms with Crippen LogP contribution in [0.1, 0.15) is 32.8 Å². The van der Waals surface area contributed by atoms with E-state index in [4.69, 9.17) is 9.47 Å². The molecule has 2 atom stereocenters. The molecule has 1 fully saturated rings. The molecule has 1 amide bonds. The van der Waals surface area contributed by atoms with Crippen LogP contribution in [-0.2, 0) is 11.3 Å². The van der Waals surface area contributed by atoms with E-state index in [0.717, 1.165) is 12.0 Å². The Bertz CT molecular complexity index is 539. The summed E-state index contributed by atoms with van der Waals surface area (Å²) in [6, 6.07) is 5.49. The number of phenolic OH excluding ortho intramolecular Hbond substituents is 1. The number of nitrogens with one attached hydrogen (secondary N) is 2. The highest BCUT2D eigenvalue weighted by Crippen LogP contribution is 2.26. The van der Waals surface area contributed by atoms with Gasteiger partial charge in [-0.2, -0.15) is 0 Å². The SMILES string of the molecule is COc1ccc(CNC2CC2NC(=O)OC(C)(C)C)c(O)c1. The van der Waals surface area contributed by atoms with E-state index < -0.39 is 11.7 Å². The lowest BCUT2D eigenvalue weighted by Gasteiger charge is -2.19. The van der Waals surface area contributed by atoms with Gasteiger partial charge in [-0.1, -0.05) is 6.07 Å². The van der Waals surface area contributed by atoms with E-state index in [0.29, 0.717) is 12.3 Å². The van der Waals surface area contributed by atoms with Crippen molar-refractivity contribution in [2.75, 3.05) is 7.11 Å². The molecule has 0 bridgehead atoms. The molecule has 1 aliphatic rings. The topological polar surface area (TPSA) is 79.8 Å². The molecule has 0 radical (unpaired) electrons. The predicted octanol–water partition coefficient (Wildman–Crippen LogP) is 2.16. The predicted molar refractivity (Wildman–Crippen MR) is 83.1 cm³/mol.